The molecule has 0 saturated heterocycles. The van der Waals surface area contributed by atoms with Crippen LogP contribution >= 0.6 is 0 Å². The van der Waals surface area contributed by atoms with Crippen molar-refractivity contribution in [2.45, 2.75) is 0 Å². The van der Waals surface area contributed by atoms with Gasteiger partial charge in [0.15, 0.2) is 11.5 Å². The molecule has 22 heavy (non-hydrogen) atoms. The number of aromatic nitrogens is 3. The van der Waals surface area contributed by atoms with Gasteiger partial charge < -0.3 is 9.47 Å². The predicted octanol–water partition coefficient (Wildman–Crippen LogP) is 2.24. The van der Waals surface area contributed by atoms with Crippen LogP contribution in [0.15, 0.2) is 53.6 Å². The summed E-state index contributed by atoms with van der Waals surface area (Å²) in [5.41, 5.74) is 2.05. The first kappa shape index (κ1) is 13.9. The highest BCUT2D eigenvalue weighted by molar-refractivity contribution is 5.58. The summed E-state index contributed by atoms with van der Waals surface area (Å²) in [5, 5.41) is 3.07. The zero-order valence-corrected chi connectivity index (χ0v) is 12.2. The number of H-pyrrole nitrogens is 1. The molecule has 0 bridgehead atoms. The zero-order chi connectivity index (χ0) is 15.5. The Morgan fingerprint density at radius 1 is 1.09 bits per heavy atom. The molecule has 1 N–H and O–H groups in total. The largest absolute Gasteiger partial charge is 0.493 e. The van der Waals surface area contributed by atoms with Gasteiger partial charge in [-0.15, -0.1) is 0 Å². The lowest BCUT2D eigenvalue weighted by atomic mass is 10.2. The average Bonchev–Trinajstić information content (AvgIpc) is 2.97. The van der Waals surface area contributed by atoms with E-state index in [2.05, 4.69) is 10.1 Å². The highest BCUT2D eigenvalue weighted by atomic mass is 16.5. The third kappa shape index (κ3) is 2.46. The van der Waals surface area contributed by atoms with Gasteiger partial charge in [0.2, 0.25) is 0 Å². The van der Waals surface area contributed by atoms with Crippen molar-refractivity contribution < 1.29 is 9.47 Å². The minimum atomic E-state index is -0.161. The van der Waals surface area contributed by atoms with E-state index in [4.69, 9.17) is 9.47 Å². The quantitative estimate of drug-likeness (QED) is 0.802. The summed E-state index contributed by atoms with van der Waals surface area (Å²) in [6, 6.07) is 10.5. The summed E-state index contributed by atoms with van der Waals surface area (Å²) < 4.78 is 11.9. The van der Waals surface area contributed by atoms with Crippen LogP contribution in [-0.2, 0) is 0 Å². The molecular weight excluding hydrogens is 282 g/mol. The topological polar surface area (TPSA) is 69.1 Å². The molecule has 0 saturated carbocycles. The second-order valence-electron chi connectivity index (χ2n) is 4.62. The standard InChI is InChI=1S/C16H15N3O3/c1-21-14-6-5-12(8-15(14)22-2)19-16(20)9-13(18-19)11-4-3-7-17-10-11/h3-10,18H,1-2H3. The van der Waals surface area contributed by atoms with Gasteiger partial charge in [-0.05, 0) is 24.3 Å². The van der Waals surface area contributed by atoms with E-state index in [9.17, 15) is 4.79 Å². The zero-order valence-electron chi connectivity index (χ0n) is 12.2. The minimum Gasteiger partial charge on any atom is -0.493 e. The summed E-state index contributed by atoms with van der Waals surface area (Å²) in [7, 11) is 3.12. The van der Waals surface area contributed by atoms with Crippen LogP contribution in [-0.4, -0.2) is 29.0 Å². The highest BCUT2D eigenvalue weighted by Gasteiger charge is 2.10. The van der Waals surface area contributed by atoms with Crippen LogP contribution in [0.3, 0.4) is 0 Å². The van der Waals surface area contributed by atoms with Gasteiger partial charge in [0.25, 0.3) is 5.56 Å². The molecule has 6 heteroatoms. The summed E-state index contributed by atoms with van der Waals surface area (Å²) in [6.45, 7) is 0. The Labute approximate surface area is 126 Å². The fourth-order valence-corrected chi connectivity index (χ4v) is 2.22. The molecule has 0 radical (unpaired) electrons. The van der Waals surface area contributed by atoms with Crippen LogP contribution in [0.25, 0.3) is 16.9 Å². The summed E-state index contributed by atoms with van der Waals surface area (Å²) >= 11 is 0. The maximum Gasteiger partial charge on any atom is 0.271 e. The highest BCUT2D eigenvalue weighted by Crippen LogP contribution is 2.28. The van der Waals surface area contributed by atoms with Crippen molar-refractivity contribution in [2.24, 2.45) is 0 Å². The first-order valence-corrected chi connectivity index (χ1v) is 6.68. The Hall–Kier alpha value is -3.02. The molecular formula is C16H15N3O3. The van der Waals surface area contributed by atoms with Gasteiger partial charge in [0.05, 0.1) is 25.6 Å². The van der Waals surface area contributed by atoms with Crippen LogP contribution in [0.2, 0.25) is 0 Å². The number of methoxy groups -OCH3 is 2. The molecule has 0 fully saturated rings. The fraction of sp³-hybridized carbons (Fsp3) is 0.125. The number of rotatable bonds is 4. The van der Waals surface area contributed by atoms with Gasteiger partial charge in [-0.3, -0.25) is 14.9 Å². The first-order chi connectivity index (χ1) is 10.7. The second kappa shape index (κ2) is 5.77. The van der Waals surface area contributed by atoms with Crippen molar-refractivity contribution in [3.63, 3.8) is 0 Å². The summed E-state index contributed by atoms with van der Waals surface area (Å²) in [5.74, 6) is 1.17. The van der Waals surface area contributed by atoms with Gasteiger partial charge in [-0.25, -0.2) is 4.68 Å². The normalized spacial score (nSPS) is 10.5. The van der Waals surface area contributed by atoms with E-state index >= 15 is 0 Å². The van der Waals surface area contributed by atoms with E-state index in [-0.39, 0.29) is 5.56 Å². The number of aromatic amines is 1. The van der Waals surface area contributed by atoms with Crippen LogP contribution < -0.4 is 15.0 Å². The lowest BCUT2D eigenvalue weighted by Crippen LogP contribution is -2.13. The molecule has 0 aliphatic heterocycles. The Morgan fingerprint density at radius 3 is 2.59 bits per heavy atom. The smallest absolute Gasteiger partial charge is 0.271 e. The molecule has 0 amide bonds. The van der Waals surface area contributed by atoms with Gasteiger partial charge in [0, 0.05) is 30.1 Å². The van der Waals surface area contributed by atoms with Gasteiger partial charge >= 0.3 is 0 Å². The number of hydrogen-bond acceptors (Lipinski definition) is 4. The molecule has 3 aromatic rings. The number of nitrogens with one attached hydrogen (secondary N) is 1. The van der Waals surface area contributed by atoms with Crippen molar-refractivity contribution in [2.75, 3.05) is 14.2 Å². The van der Waals surface area contributed by atoms with Crippen LogP contribution in [0, 0.1) is 0 Å². The van der Waals surface area contributed by atoms with Crippen molar-refractivity contribution in [3.8, 4) is 28.4 Å². The fourth-order valence-electron chi connectivity index (χ4n) is 2.22. The molecule has 0 atom stereocenters. The molecule has 0 spiro atoms. The molecule has 6 nitrogen and oxygen atoms in total. The predicted molar refractivity (Wildman–Crippen MR) is 82.7 cm³/mol. The van der Waals surface area contributed by atoms with Crippen LogP contribution in [0.1, 0.15) is 0 Å². The van der Waals surface area contributed by atoms with Crippen LogP contribution in [0.5, 0.6) is 11.5 Å². The molecule has 2 heterocycles. The number of ether oxygens (including phenoxy) is 2. The monoisotopic (exact) mass is 297 g/mol. The average molecular weight is 297 g/mol. The van der Waals surface area contributed by atoms with Crippen molar-refractivity contribution in [1.82, 2.24) is 14.8 Å². The third-order valence-corrected chi connectivity index (χ3v) is 3.32. The Morgan fingerprint density at radius 2 is 1.91 bits per heavy atom. The lowest BCUT2D eigenvalue weighted by molar-refractivity contribution is 0.354. The number of pyridine rings is 1. The SMILES string of the molecule is COc1ccc(-n2[nH]c(-c3cccnc3)cc2=O)cc1OC. The molecule has 1 aromatic carbocycles. The molecule has 0 aliphatic carbocycles. The summed E-state index contributed by atoms with van der Waals surface area (Å²) in [6.07, 6.45) is 3.39. The first-order valence-electron chi connectivity index (χ1n) is 6.68. The number of hydrogen-bond donors (Lipinski definition) is 1. The Bertz CT molecular complexity index is 837. The van der Waals surface area contributed by atoms with Crippen LogP contribution in [0.4, 0.5) is 0 Å². The third-order valence-electron chi connectivity index (χ3n) is 3.32. The van der Waals surface area contributed by atoms with Gasteiger partial charge in [0.1, 0.15) is 0 Å². The number of benzene rings is 1. The van der Waals surface area contributed by atoms with Crippen molar-refractivity contribution >= 4 is 0 Å². The van der Waals surface area contributed by atoms with Crippen molar-refractivity contribution in [3.05, 3.63) is 59.1 Å². The second-order valence-corrected chi connectivity index (χ2v) is 4.62. The maximum absolute atomic E-state index is 12.2. The van der Waals surface area contributed by atoms with E-state index in [0.29, 0.717) is 22.9 Å². The number of nitrogens with zero attached hydrogens (tertiary/aromatic N) is 2. The summed E-state index contributed by atoms with van der Waals surface area (Å²) in [4.78, 5) is 16.3. The van der Waals surface area contributed by atoms with Gasteiger partial charge in [-0.2, -0.15) is 0 Å². The van der Waals surface area contributed by atoms with Crippen molar-refractivity contribution in [1.29, 1.82) is 0 Å². The molecule has 0 aliphatic rings. The maximum atomic E-state index is 12.2. The molecule has 3 rings (SSSR count). The van der Waals surface area contributed by atoms with E-state index in [0.717, 1.165) is 5.56 Å². The molecule has 112 valence electrons. The van der Waals surface area contributed by atoms with E-state index < -0.39 is 0 Å². The van der Waals surface area contributed by atoms with Gasteiger partial charge in [-0.1, -0.05) is 0 Å². The van der Waals surface area contributed by atoms with E-state index in [1.165, 1.54) is 10.7 Å². The van der Waals surface area contributed by atoms with E-state index in [1.807, 2.05) is 12.1 Å². The molecule has 2 aromatic heterocycles. The minimum absolute atomic E-state index is 0.161. The Balaban J connectivity index is 2.06. The Kier molecular flexibility index (Phi) is 3.65. The molecule has 0 unspecified atom stereocenters. The lowest BCUT2D eigenvalue weighted by Gasteiger charge is -2.09. The van der Waals surface area contributed by atoms with E-state index in [1.54, 1.807) is 44.8 Å².